The molecule has 1 heterocycles. The molecule has 0 aliphatic rings. The van der Waals surface area contributed by atoms with Crippen molar-refractivity contribution in [3.05, 3.63) is 47.9 Å². The SMILES string of the molecule is CCNC(CCc1ccco1)c1c(OC)cccc1OC. The molecule has 2 aromatic rings. The average Bonchev–Trinajstić information content (AvgIpc) is 3.04. The average molecular weight is 289 g/mol. The molecule has 0 spiro atoms. The van der Waals surface area contributed by atoms with Gasteiger partial charge < -0.3 is 19.2 Å². The number of benzene rings is 1. The van der Waals surface area contributed by atoms with Crippen LogP contribution in [-0.4, -0.2) is 20.8 Å². The minimum absolute atomic E-state index is 0.159. The second-order valence-electron chi connectivity index (χ2n) is 4.80. The Balaban J connectivity index is 2.24. The molecule has 0 radical (unpaired) electrons. The quantitative estimate of drug-likeness (QED) is 0.806. The molecule has 0 saturated heterocycles. The fourth-order valence-corrected chi connectivity index (χ4v) is 2.56. The maximum absolute atomic E-state index is 5.51. The zero-order valence-electron chi connectivity index (χ0n) is 12.9. The van der Waals surface area contributed by atoms with Crippen LogP contribution in [0.25, 0.3) is 0 Å². The Morgan fingerprint density at radius 1 is 1.10 bits per heavy atom. The Labute approximate surface area is 126 Å². The van der Waals surface area contributed by atoms with Gasteiger partial charge in [-0.05, 0) is 37.2 Å². The largest absolute Gasteiger partial charge is 0.496 e. The molecule has 1 N–H and O–H groups in total. The van der Waals surface area contributed by atoms with E-state index >= 15 is 0 Å². The molecule has 21 heavy (non-hydrogen) atoms. The molecule has 114 valence electrons. The van der Waals surface area contributed by atoms with E-state index in [0.29, 0.717) is 0 Å². The van der Waals surface area contributed by atoms with E-state index in [4.69, 9.17) is 13.9 Å². The monoisotopic (exact) mass is 289 g/mol. The Morgan fingerprint density at radius 2 is 1.81 bits per heavy atom. The molecule has 1 atom stereocenters. The normalized spacial score (nSPS) is 12.1. The van der Waals surface area contributed by atoms with Gasteiger partial charge in [0.25, 0.3) is 0 Å². The summed E-state index contributed by atoms with van der Waals surface area (Å²) in [5, 5.41) is 3.51. The predicted molar refractivity (Wildman–Crippen MR) is 83.0 cm³/mol. The number of ether oxygens (including phenoxy) is 2. The fourth-order valence-electron chi connectivity index (χ4n) is 2.56. The summed E-state index contributed by atoms with van der Waals surface area (Å²) in [5.74, 6) is 2.69. The molecule has 0 amide bonds. The molecule has 1 aromatic carbocycles. The van der Waals surface area contributed by atoms with Crippen molar-refractivity contribution in [1.29, 1.82) is 0 Å². The molecular weight excluding hydrogens is 266 g/mol. The minimum Gasteiger partial charge on any atom is -0.496 e. The van der Waals surface area contributed by atoms with Crippen LogP contribution in [0.15, 0.2) is 41.0 Å². The van der Waals surface area contributed by atoms with Crippen LogP contribution >= 0.6 is 0 Å². The maximum atomic E-state index is 5.51. The number of rotatable bonds is 8. The van der Waals surface area contributed by atoms with Gasteiger partial charge in [0.05, 0.1) is 26.0 Å². The lowest BCUT2D eigenvalue weighted by molar-refractivity contribution is 0.364. The van der Waals surface area contributed by atoms with Crippen LogP contribution in [0.2, 0.25) is 0 Å². The highest BCUT2D eigenvalue weighted by atomic mass is 16.5. The summed E-state index contributed by atoms with van der Waals surface area (Å²) < 4.78 is 16.4. The van der Waals surface area contributed by atoms with Crippen LogP contribution in [-0.2, 0) is 6.42 Å². The summed E-state index contributed by atoms with van der Waals surface area (Å²) in [4.78, 5) is 0. The second-order valence-corrected chi connectivity index (χ2v) is 4.80. The lowest BCUT2D eigenvalue weighted by Gasteiger charge is -2.22. The van der Waals surface area contributed by atoms with Gasteiger partial charge in [-0.3, -0.25) is 0 Å². The third-order valence-corrected chi connectivity index (χ3v) is 3.52. The smallest absolute Gasteiger partial charge is 0.127 e. The van der Waals surface area contributed by atoms with Crippen molar-refractivity contribution in [2.24, 2.45) is 0 Å². The van der Waals surface area contributed by atoms with Gasteiger partial charge in [0.1, 0.15) is 17.3 Å². The summed E-state index contributed by atoms with van der Waals surface area (Å²) in [6, 6.07) is 9.95. The third kappa shape index (κ3) is 3.79. The first kappa shape index (κ1) is 15.4. The maximum Gasteiger partial charge on any atom is 0.127 e. The van der Waals surface area contributed by atoms with Crippen molar-refractivity contribution in [2.75, 3.05) is 20.8 Å². The van der Waals surface area contributed by atoms with E-state index in [2.05, 4.69) is 12.2 Å². The van der Waals surface area contributed by atoms with Gasteiger partial charge in [0.2, 0.25) is 0 Å². The van der Waals surface area contributed by atoms with Gasteiger partial charge in [0, 0.05) is 12.5 Å². The van der Waals surface area contributed by atoms with Gasteiger partial charge in [-0.15, -0.1) is 0 Å². The topological polar surface area (TPSA) is 43.6 Å². The van der Waals surface area contributed by atoms with Crippen LogP contribution < -0.4 is 14.8 Å². The third-order valence-electron chi connectivity index (χ3n) is 3.52. The molecule has 4 nitrogen and oxygen atoms in total. The Kier molecular flexibility index (Phi) is 5.69. The van der Waals surface area contributed by atoms with Crippen molar-refractivity contribution in [2.45, 2.75) is 25.8 Å². The van der Waals surface area contributed by atoms with E-state index in [0.717, 1.165) is 42.2 Å². The molecule has 0 bridgehead atoms. The van der Waals surface area contributed by atoms with Crippen molar-refractivity contribution in [1.82, 2.24) is 5.32 Å². The molecule has 0 saturated carbocycles. The van der Waals surface area contributed by atoms with Crippen LogP contribution in [0, 0.1) is 0 Å². The highest BCUT2D eigenvalue weighted by Crippen LogP contribution is 2.36. The van der Waals surface area contributed by atoms with Crippen LogP contribution in [0.5, 0.6) is 11.5 Å². The zero-order valence-corrected chi connectivity index (χ0v) is 12.9. The van der Waals surface area contributed by atoms with E-state index in [9.17, 15) is 0 Å². The van der Waals surface area contributed by atoms with E-state index in [1.54, 1.807) is 20.5 Å². The van der Waals surface area contributed by atoms with Crippen LogP contribution in [0.4, 0.5) is 0 Å². The molecule has 1 aromatic heterocycles. The first-order chi connectivity index (χ1) is 10.3. The number of aryl methyl sites for hydroxylation is 1. The van der Waals surface area contributed by atoms with Crippen molar-refractivity contribution in [3.63, 3.8) is 0 Å². The summed E-state index contributed by atoms with van der Waals surface area (Å²) in [6.45, 7) is 2.98. The second kappa shape index (κ2) is 7.74. The molecule has 1 unspecified atom stereocenters. The summed E-state index contributed by atoms with van der Waals surface area (Å²) >= 11 is 0. The minimum atomic E-state index is 0.159. The van der Waals surface area contributed by atoms with E-state index in [-0.39, 0.29) is 6.04 Å². The van der Waals surface area contributed by atoms with E-state index in [1.807, 2.05) is 30.3 Å². The number of hydrogen-bond acceptors (Lipinski definition) is 4. The fraction of sp³-hybridized carbons (Fsp3) is 0.412. The van der Waals surface area contributed by atoms with Crippen molar-refractivity contribution in [3.8, 4) is 11.5 Å². The number of hydrogen-bond donors (Lipinski definition) is 1. The Hall–Kier alpha value is -1.94. The molecule has 2 rings (SSSR count). The highest BCUT2D eigenvalue weighted by molar-refractivity contribution is 5.47. The molecule has 4 heteroatoms. The summed E-state index contributed by atoms with van der Waals surface area (Å²) in [6.07, 6.45) is 3.49. The molecule has 0 aliphatic heterocycles. The standard InChI is InChI=1S/C17H23NO3/c1-4-18-14(11-10-13-7-6-12-21-13)17-15(19-2)8-5-9-16(17)20-3/h5-9,12,14,18H,4,10-11H2,1-3H3. The summed E-state index contributed by atoms with van der Waals surface area (Å²) in [5.41, 5.74) is 1.07. The lowest BCUT2D eigenvalue weighted by atomic mass is 9.99. The number of furan rings is 1. The van der Waals surface area contributed by atoms with Gasteiger partial charge in [0.15, 0.2) is 0 Å². The molecule has 0 aliphatic carbocycles. The van der Waals surface area contributed by atoms with Gasteiger partial charge in [-0.25, -0.2) is 0 Å². The van der Waals surface area contributed by atoms with E-state index < -0.39 is 0 Å². The first-order valence-corrected chi connectivity index (χ1v) is 7.26. The molecular formula is C17H23NO3. The van der Waals surface area contributed by atoms with E-state index in [1.165, 1.54) is 0 Å². The van der Waals surface area contributed by atoms with Crippen molar-refractivity contribution < 1.29 is 13.9 Å². The highest BCUT2D eigenvalue weighted by Gasteiger charge is 2.20. The van der Waals surface area contributed by atoms with Gasteiger partial charge in [-0.1, -0.05) is 13.0 Å². The predicted octanol–water partition coefficient (Wildman–Crippen LogP) is 3.58. The Morgan fingerprint density at radius 3 is 2.33 bits per heavy atom. The first-order valence-electron chi connectivity index (χ1n) is 7.26. The van der Waals surface area contributed by atoms with Crippen LogP contribution in [0.3, 0.4) is 0 Å². The van der Waals surface area contributed by atoms with Crippen LogP contribution in [0.1, 0.15) is 30.7 Å². The van der Waals surface area contributed by atoms with Gasteiger partial charge in [-0.2, -0.15) is 0 Å². The molecule has 0 fully saturated rings. The zero-order chi connectivity index (χ0) is 15.1. The number of methoxy groups -OCH3 is 2. The summed E-state index contributed by atoms with van der Waals surface area (Å²) in [7, 11) is 3.38. The van der Waals surface area contributed by atoms with Crippen molar-refractivity contribution >= 4 is 0 Å². The van der Waals surface area contributed by atoms with Gasteiger partial charge >= 0.3 is 0 Å². The lowest BCUT2D eigenvalue weighted by Crippen LogP contribution is -2.22. The Bertz CT molecular complexity index is 515. The number of nitrogens with one attached hydrogen (secondary N) is 1.